The van der Waals surface area contributed by atoms with Crippen LogP contribution in [0.25, 0.3) is 0 Å². The van der Waals surface area contributed by atoms with Crippen molar-refractivity contribution < 1.29 is 14.7 Å². The van der Waals surface area contributed by atoms with Crippen molar-refractivity contribution in [1.29, 1.82) is 0 Å². The Morgan fingerprint density at radius 2 is 1.78 bits per heavy atom. The maximum atomic E-state index is 12.2. The third-order valence-electron chi connectivity index (χ3n) is 4.25. The molecule has 2 aliphatic rings. The molecule has 1 saturated heterocycles. The summed E-state index contributed by atoms with van der Waals surface area (Å²) in [5.74, 6) is 0.0949. The number of rotatable bonds is 4. The highest BCUT2D eigenvalue weighted by atomic mass is 16.3. The van der Waals surface area contributed by atoms with Crippen LogP contribution in [0.4, 0.5) is 0 Å². The molecule has 3 atom stereocenters. The van der Waals surface area contributed by atoms with E-state index in [1.807, 2.05) is 6.92 Å². The molecule has 4 nitrogen and oxygen atoms in total. The van der Waals surface area contributed by atoms with Gasteiger partial charge in [0.2, 0.25) is 11.8 Å². The van der Waals surface area contributed by atoms with E-state index in [1.54, 1.807) is 6.92 Å². The molecule has 1 N–H and O–H groups in total. The van der Waals surface area contributed by atoms with E-state index < -0.39 is 5.60 Å². The van der Waals surface area contributed by atoms with Gasteiger partial charge in [0, 0.05) is 0 Å². The Kier molecular flexibility index (Phi) is 3.49. The van der Waals surface area contributed by atoms with Gasteiger partial charge in [-0.05, 0) is 32.1 Å². The van der Waals surface area contributed by atoms with Crippen molar-refractivity contribution in [1.82, 2.24) is 4.90 Å². The Bertz CT molecular complexity index is 340. The number of β-amino-alcohol motifs (C(OH)–C–C–N with tert-alkyl or cyclic N) is 1. The van der Waals surface area contributed by atoms with Gasteiger partial charge in [0.1, 0.15) is 0 Å². The fourth-order valence-corrected chi connectivity index (χ4v) is 3.46. The minimum absolute atomic E-state index is 0.0641. The molecular formula is C14H23NO3. The van der Waals surface area contributed by atoms with Crippen molar-refractivity contribution in [2.75, 3.05) is 6.54 Å². The number of imide groups is 1. The zero-order valence-corrected chi connectivity index (χ0v) is 11.5. The van der Waals surface area contributed by atoms with Crippen LogP contribution >= 0.6 is 0 Å². The molecule has 0 aromatic rings. The summed E-state index contributed by atoms with van der Waals surface area (Å²) in [6.45, 7) is 5.93. The number of likely N-dealkylation sites (tertiary alicyclic amines) is 1. The molecule has 1 aliphatic heterocycles. The van der Waals surface area contributed by atoms with Gasteiger partial charge in [-0.25, -0.2) is 0 Å². The first-order chi connectivity index (χ1) is 8.35. The van der Waals surface area contributed by atoms with Crippen molar-refractivity contribution in [3.63, 3.8) is 0 Å². The lowest BCUT2D eigenvalue weighted by Gasteiger charge is -2.28. The summed E-state index contributed by atoms with van der Waals surface area (Å²) < 4.78 is 0. The Hall–Kier alpha value is -0.900. The lowest BCUT2D eigenvalue weighted by molar-refractivity contribution is -0.144. The van der Waals surface area contributed by atoms with Gasteiger partial charge in [-0.2, -0.15) is 0 Å². The van der Waals surface area contributed by atoms with Gasteiger partial charge < -0.3 is 5.11 Å². The second kappa shape index (κ2) is 4.65. The third kappa shape index (κ3) is 2.30. The Balaban J connectivity index is 2.08. The lowest BCUT2D eigenvalue weighted by atomic mass is 10.00. The molecule has 102 valence electrons. The molecular weight excluding hydrogens is 230 g/mol. The molecule has 1 heterocycles. The van der Waals surface area contributed by atoms with E-state index in [0.29, 0.717) is 12.3 Å². The Labute approximate surface area is 108 Å². The summed E-state index contributed by atoms with van der Waals surface area (Å²) in [6.07, 6.45) is 3.09. The highest BCUT2D eigenvalue weighted by Gasteiger charge is 2.52. The van der Waals surface area contributed by atoms with Crippen molar-refractivity contribution >= 4 is 11.8 Å². The summed E-state index contributed by atoms with van der Waals surface area (Å²) in [7, 11) is 0. The molecule has 0 aromatic carbocycles. The number of carbonyl (C=O) groups is 2. The normalized spacial score (nSPS) is 34.9. The number of aliphatic hydroxyl groups is 1. The molecule has 2 amide bonds. The van der Waals surface area contributed by atoms with Gasteiger partial charge in [-0.1, -0.05) is 20.3 Å². The van der Waals surface area contributed by atoms with Gasteiger partial charge in [-0.3, -0.25) is 14.5 Å². The second-order valence-corrected chi connectivity index (χ2v) is 6.30. The quantitative estimate of drug-likeness (QED) is 0.774. The molecule has 1 aliphatic carbocycles. The number of nitrogens with zero attached hydrogens (tertiary/aromatic N) is 1. The zero-order valence-electron chi connectivity index (χ0n) is 11.5. The molecule has 3 unspecified atom stereocenters. The van der Waals surface area contributed by atoms with Crippen molar-refractivity contribution in [2.45, 2.75) is 52.1 Å². The van der Waals surface area contributed by atoms with Crippen LogP contribution in [-0.4, -0.2) is 34.0 Å². The summed E-state index contributed by atoms with van der Waals surface area (Å²) in [4.78, 5) is 25.7. The topological polar surface area (TPSA) is 57.6 Å². The Morgan fingerprint density at radius 3 is 2.22 bits per heavy atom. The molecule has 18 heavy (non-hydrogen) atoms. The largest absolute Gasteiger partial charge is 0.388 e. The first kappa shape index (κ1) is 13.5. The molecule has 1 saturated carbocycles. The first-order valence-corrected chi connectivity index (χ1v) is 6.93. The van der Waals surface area contributed by atoms with Crippen LogP contribution in [0, 0.1) is 17.8 Å². The lowest BCUT2D eigenvalue weighted by Crippen LogP contribution is -2.44. The van der Waals surface area contributed by atoms with Crippen LogP contribution in [0.3, 0.4) is 0 Å². The highest BCUT2D eigenvalue weighted by molar-refractivity contribution is 6.05. The average molecular weight is 253 g/mol. The zero-order chi connectivity index (χ0) is 13.5. The average Bonchev–Trinajstić information content (AvgIpc) is 2.73. The van der Waals surface area contributed by atoms with Crippen LogP contribution in [0.15, 0.2) is 0 Å². The summed E-state index contributed by atoms with van der Waals surface area (Å²) in [5, 5.41) is 10.2. The number of fused-ring (bicyclic) bond motifs is 1. The fraction of sp³-hybridized carbons (Fsp3) is 0.857. The van der Waals surface area contributed by atoms with E-state index in [0.717, 1.165) is 19.3 Å². The molecule has 0 aromatic heterocycles. The minimum Gasteiger partial charge on any atom is -0.388 e. The smallest absolute Gasteiger partial charge is 0.233 e. The van der Waals surface area contributed by atoms with E-state index in [2.05, 4.69) is 6.92 Å². The second-order valence-electron chi connectivity index (χ2n) is 6.30. The molecule has 4 heteroatoms. The van der Waals surface area contributed by atoms with Gasteiger partial charge in [0.25, 0.3) is 0 Å². The maximum absolute atomic E-state index is 12.2. The van der Waals surface area contributed by atoms with Gasteiger partial charge >= 0.3 is 0 Å². The predicted octanol–water partition coefficient (Wildman–Crippen LogP) is 1.57. The number of carbonyl (C=O) groups excluding carboxylic acids is 2. The van der Waals surface area contributed by atoms with Crippen LogP contribution in [-0.2, 0) is 9.59 Å². The van der Waals surface area contributed by atoms with Crippen molar-refractivity contribution in [3.8, 4) is 0 Å². The molecule has 2 fully saturated rings. The van der Waals surface area contributed by atoms with Crippen LogP contribution in [0.2, 0.25) is 0 Å². The number of amides is 2. The van der Waals surface area contributed by atoms with Crippen LogP contribution in [0.5, 0.6) is 0 Å². The third-order valence-corrected chi connectivity index (χ3v) is 4.25. The van der Waals surface area contributed by atoms with Crippen LogP contribution < -0.4 is 0 Å². The predicted molar refractivity (Wildman–Crippen MR) is 67.6 cm³/mol. The van der Waals surface area contributed by atoms with Crippen molar-refractivity contribution in [3.05, 3.63) is 0 Å². The van der Waals surface area contributed by atoms with E-state index in [9.17, 15) is 14.7 Å². The van der Waals surface area contributed by atoms with Gasteiger partial charge in [0.15, 0.2) is 0 Å². The monoisotopic (exact) mass is 253 g/mol. The number of hydrogen-bond donors (Lipinski definition) is 1. The molecule has 0 spiro atoms. The van der Waals surface area contributed by atoms with Crippen LogP contribution in [0.1, 0.15) is 46.5 Å². The van der Waals surface area contributed by atoms with Gasteiger partial charge in [0.05, 0.1) is 24.0 Å². The highest BCUT2D eigenvalue weighted by Crippen LogP contribution is 2.43. The van der Waals surface area contributed by atoms with E-state index >= 15 is 0 Å². The van der Waals surface area contributed by atoms with E-state index in [1.165, 1.54) is 4.90 Å². The van der Waals surface area contributed by atoms with Crippen molar-refractivity contribution in [2.24, 2.45) is 17.8 Å². The standard InChI is InChI=1S/C14H23NO3/c1-4-5-14(3,18)8-15-12(16)10-6-9(2)7-11(10)13(15)17/h9-11,18H,4-8H2,1-3H3. The van der Waals surface area contributed by atoms with E-state index in [-0.39, 0.29) is 30.2 Å². The van der Waals surface area contributed by atoms with Gasteiger partial charge in [-0.15, -0.1) is 0 Å². The van der Waals surface area contributed by atoms with E-state index in [4.69, 9.17) is 0 Å². The SMILES string of the molecule is CCCC(C)(O)CN1C(=O)C2CC(C)CC2C1=O. The summed E-state index contributed by atoms with van der Waals surface area (Å²) in [6, 6.07) is 0. The summed E-state index contributed by atoms with van der Waals surface area (Å²) >= 11 is 0. The molecule has 2 rings (SSSR count). The summed E-state index contributed by atoms with van der Waals surface area (Å²) in [5.41, 5.74) is -0.954. The molecule has 0 bridgehead atoms. The fourth-order valence-electron chi connectivity index (χ4n) is 3.46. The molecule has 0 radical (unpaired) electrons. The first-order valence-electron chi connectivity index (χ1n) is 6.93. The Morgan fingerprint density at radius 1 is 1.28 bits per heavy atom. The minimum atomic E-state index is -0.954. The maximum Gasteiger partial charge on any atom is 0.233 e. The number of hydrogen-bond acceptors (Lipinski definition) is 3.